The van der Waals surface area contributed by atoms with Crippen molar-refractivity contribution in [1.29, 1.82) is 0 Å². The molecule has 1 N–H and O–H groups in total. The first-order valence-corrected chi connectivity index (χ1v) is 15.3. The van der Waals surface area contributed by atoms with Crippen molar-refractivity contribution in [2.24, 2.45) is 0 Å². The predicted molar refractivity (Wildman–Crippen MR) is 156 cm³/mol. The van der Waals surface area contributed by atoms with E-state index in [9.17, 15) is 18.0 Å². The second-order valence-corrected chi connectivity index (χ2v) is 12.5. The van der Waals surface area contributed by atoms with Gasteiger partial charge in [-0.1, -0.05) is 68.7 Å². The Morgan fingerprint density at radius 1 is 0.975 bits per heavy atom. The summed E-state index contributed by atoms with van der Waals surface area (Å²) in [6.07, 6.45) is 5.59. The molecular weight excluding hydrogens is 526 g/mol. The highest BCUT2D eigenvalue weighted by atomic mass is 32.2. The van der Waals surface area contributed by atoms with Gasteiger partial charge in [-0.05, 0) is 59.9 Å². The number of hydrogen-bond donors (Lipinski definition) is 1. The van der Waals surface area contributed by atoms with Gasteiger partial charge in [-0.15, -0.1) is 0 Å². The van der Waals surface area contributed by atoms with E-state index in [0.29, 0.717) is 12.2 Å². The van der Waals surface area contributed by atoms with Crippen molar-refractivity contribution in [3.63, 3.8) is 0 Å². The zero-order valence-electron chi connectivity index (χ0n) is 23.5. The molecule has 4 rings (SSSR count). The molecular formula is C31H39N3O5S. The van der Waals surface area contributed by atoms with Gasteiger partial charge < -0.3 is 15.0 Å². The van der Waals surface area contributed by atoms with Crippen LogP contribution in [-0.2, 0) is 26.2 Å². The highest BCUT2D eigenvalue weighted by Crippen LogP contribution is 2.23. The Bertz CT molecular complexity index is 1420. The Hall–Kier alpha value is -3.43. The van der Waals surface area contributed by atoms with Gasteiger partial charge in [0.15, 0.2) is 0 Å². The summed E-state index contributed by atoms with van der Waals surface area (Å²) in [4.78, 5) is 28.9. The standard InChI is InChI=1S/C31H39N3O5S/c1-4-29(31(36)32-26-12-6-5-7-13-26)34(21-23-14-17-27(39-3)18-15-23)30(35)22-33(2)40(37,38)28-19-16-24-10-8-9-11-25(24)20-28/h8-11,14-20,26,29H,4-7,12-13,21-22H2,1-3H3,(H,32,36)/t29-/m1/s1. The topological polar surface area (TPSA) is 96.0 Å². The van der Waals surface area contributed by atoms with Crippen LogP contribution in [0.25, 0.3) is 10.8 Å². The first-order chi connectivity index (χ1) is 19.2. The summed E-state index contributed by atoms with van der Waals surface area (Å²) < 4.78 is 33.2. The Balaban J connectivity index is 1.57. The quantitative estimate of drug-likeness (QED) is 0.363. The molecule has 1 atom stereocenters. The largest absolute Gasteiger partial charge is 0.497 e. The number of nitrogens with zero attached hydrogens (tertiary/aromatic N) is 2. The molecule has 8 nitrogen and oxygen atoms in total. The lowest BCUT2D eigenvalue weighted by atomic mass is 9.95. The van der Waals surface area contributed by atoms with E-state index in [2.05, 4.69) is 5.32 Å². The molecule has 1 aliphatic carbocycles. The Labute approximate surface area is 237 Å². The van der Waals surface area contributed by atoms with Crippen LogP contribution < -0.4 is 10.1 Å². The molecule has 0 bridgehead atoms. The molecule has 0 aromatic heterocycles. The predicted octanol–water partition coefficient (Wildman–Crippen LogP) is 4.73. The summed E-state index contributed by atoms with van der Waals surface area (Å²) in [5.74, 6) is 0.0505. The number of likely N-dealkylation sites (N-methyl/N-ethyl adjacent to an activating group) is 1. The van der Waals surface area contributed by atoms with Crippen LogP contribution in [0.15, 0.2) is 71.6 Å². The van der Waals surface area contributed by atoms with Gasteiger partial charge in [0.2, 0.25) is 21.8 Å². The third kappa shape index (κ3) is 7.01. The third-order valence-electron chi connectivity index (χ3n) is 7.64. The maximum absolute atomic E-state index is 13.8. The molecule has 0 radical (unpaired) electrons. The van der Waals surface area contributed by atoms with Crippen LogP contribution >= 0.6 is 0 Å². The second-order valence-electron chi connectivity index (χ2n) is 10.4. The fourth-order valence-electron chi connectivity index (χ4n) is 5.27. The number of methoxy groups -OCH3 is 1. The van der Waals surface area contributed by atoms with E-state index in [-0.39, 0.29) is 23.4 Å². The van der Waals surface area contributed by atoms with Gasteiger partial charge in [0.05, 0.1) is 18.6 Å². The average molecular weight is 566 g/mol. The van der Waals surface area contributed by atoms with E-state index >= 15 is 0 Å². The number of benzene rings is 3. The van der Waals surface area contributed by atoms with Crippen molar-refractivity contribution in [3.05, 3.63) is 72.3 Å². The lowest BCUT2D eigenvalue weighted by molar-refractivity contribution is -0.141. The van der Waals surface area contributed by atoms with Crippen molar-refractivity contribution in [3.8, 4) is 5.75 Å². The van der Waals surface area contributed by atoms with E-state index in [1.54, 1.807) is 37.4 Å². The lowest BCUT2D eigenvalue weighted by Gasteiger charge is -2.33. The van der Waals surface area contributed by atoms with Crippen molar-refractivity contribution in [1.82, 2.24) is 14.5 Å². The normalized spacial score (nSPS) is 15.1. The number of sulfonamides is 1. The number of carbonyl (C=O) groups excluding carboxylic acids is 2. The van der Waals surface area contributed by atoms with Gasteiger partial charge in [0.1, 0.15) is 11.8 Å². The second kappa shape index (κ2) is 13.3. The molecule has 3 aromatic rings. The van der Waals surface area contributed by atoms with E-state index in [0.717, 1.165) is 46.3 Å². The molecule has 0 heterocycles. The molecule has 1 aliphatic rings. The molecule has 40 heavy (non-hydrogen) atoms. The number of amides is 2. The molecule has 0 aliphatic heterocycles. The van der Waals surface area contributed by atoms with Crippen LogP contribution in [0.3, 0.4) is 0 Å². The van der Waals surface area contributed by atoms with E-state index in [4.69, 9.17) is 4.74 Å². The van der Waals surface area contributed by atoms with Crippen LogP contribution in [0.1, 0.15) is 51.0 Å². The minimum absolute atomic E-state index is 0.101. The van der Waals surface area contributed by atoms with Crippen LogP contribution in [0, 0.1) is 0 Å². The van der Waals surface area contributed by atoms with Crippen LogP contribution in [0.5, 0.6) is 5.75 Å². The first-order valence-electron chi connectivity index (χ1n) is 13.9. The molecule has 0 saturated heterocycles. The van der Waals surface area contributed by atoms with Crippen LogP contribution in [0.4, 0.5) is 0 Å². The summed E-state index contributed by atoms with van der Waals surface area (Å²) in [7, 11) is -0.965. The number of carbonyl (C=O) groups is 2. The maximum atomic E-state index is 13.8. The van der Waals surface area contributed by atoms with Crippen molar-refractivity contribution in [2.45, 2.75) is 69.0 Å². The highest BCUT2D eigenvalue weighted by Gasteiger charge is 2.33. The molecule has 1 saturated carbocycles. The monoisotopic (exact) mass is 565 g/mol. The van der Waals surface area contributed by atoms with E-state index in [1.165, 1.54) is 18.4 Å². The van der Waals surface area contributed by atoms with Crippen molar-refractivity contribution < 1.29 is 22.7 Å². The highest BCUT2D eigenvalue weighted by molar-refractivity contribution is 7.89. The van der Waals surface area contributed by atoms with Gasteiger partial charge in [-0.3, -0.25) is 9.59 Å². The summed E-state index contributed by atoms with van der Waals surface area (Å²) >= 11 is 0. The summed E-state index contributed by atoms with van der Waals surface area (Å²) in [5, 5.41) is 4.88. The van der Waals surface area contributed by atoms with E-state index < -0.39 is 28.5 Å². The smallest absolute Gasteiger partial charge is 0.243 e. The number of rotatable bonds is 11. The Morgan fingerprint density at radius 2 is 1.65 bits per heavy atom. The van der Waals surface area contributed by atoms with Gasteiger partial charge in [0, 0.05) is 19.6 Å². The van der Waals surface area contributed by atoms with Crippen LogP contribution in [0.2, 0.25) is 0 Å². The zero-order valence-corrected chi connectivity index (χ0v) is 24.3. The van der Waals surface area contributed by atoms with Crippen LogP contribution in [-0.4, -0.2) is 62.2 Å². The molecule has 0 spiro atoms. The molecule has 3 aromatic carbocycles. The van der Waals surface area contributed by atoms with Gasteiger partial charge in [-0.2, -0.15) is 4.31 Å². The third-order valence-corrected chi connectivity index (χ3v) is 9.44. The number of nitrogens with one attached hydrogen (secondary N) is 1. The summed E-state index contributed by atoms with van der Waals surface area (Å²) in [6, 6.07) is 19.1. The zero-order chi connectivity index (χ0) is 28.7. The maximum Gasteiger partial charge on any atom is 0.243 e. The average Bonchev–Trinajstić information content (AvgIpc) is 2.97. The minimum atomic E-state index is -3.95. The first kappa shape index (κ1) is 29.6. The SMILES string of the molecule is CC[C@H](C(=O)NC1CCCCC1)N(Cc1ccc(OC)cc1)C(=O)CN(C)S(=O)(=O)c1ccc2ccccc2c1. The molecule has 2 amide bonds. The van der Waals surface area contributed by atoms with E-state index in [1.807, 2.05) is 43.3 Å². The number of fused-ring (bicyclic) bond motifs is 1. The minimum Gasteiger partial charge on any atom is -0.497 e. The van der Waals surface area contributed by atoms with Gasteiger partial charge in [0.25, 0.3) is 0 Å². The summed E-state index contributed by atoms with van der Waals surface area (Å²) in [5.41, 5.74) is 0.818. The fourth-order valence-corrected chi connectivity index (χ4v) is 6.42. The van der Waals surface area contributed by atoms with Crippen molar-refractivity contribution in [2.75, 3.05) is 20.7 Å². The fraction of sp³-hybridized carbons (Fsp3) is 0.419. The van der Waals surface area contributed by atoms with Gasteiger partial charge >= 0.3 is 0 Å². The number of ether oxygens (including phenoxy) is 1. The van der Waals surface area contributed by atoms with Crippen molar-refractivity contribution >= 4 is 32.6 Å². The lowest BCUT2D eigenvalue weighted by Crippen LogP contribution is -2.53. The molecule has 1 fully saturated rings. The molecule has 9 heteroatoms. The molecule has 214 valence electrons. The summed E-state index contributed by atoms with van der Waals surface area (Å²) in [6.45, 7) is 1.65. The Morgan fingerprint density at radius 3 is 2.30 bits per heavy atom. The molecule has 0 unspecified atom stereocenters. The Kier molecular flexibility index (Phi) is 9.81. The number of hydrogen-bond acceptors (Lipinski definition) is 5. The van der Waals surface area contributed by atoms with Gasteiger partial charge in [-0.25, -0.2) is 8.42 Å².